The van der Waals surface area contributed by atoms with Gasteiger partial charge in [-0.05, 0) is 6.92 Å². The van der Waals surface area contributed by atoms with Crippen LogP contribution in [-0.4, -0.2) is 44.3 Å². The molecule has 2 nitrogen and oxygen atoms in total. The first-order valence-corrected chi connectivity index (χ1v) is 3.81. The molecule has 0 amide bonds. The molecular formula is C7H17ClN2. The number of piperazine rings is 1. The predicted octanol–water partition coefficient (Wildman–Crippen LogP) is -2.94. The predicted molar refractivity (Wildman–Crippen MR) is 39.3 cm³/mol. The molecule has 1 heterocycles. The van der Waals surface area contributed by atoms with Gasteiger partial charge in [-0.3, -0.25) is 0 Å². The third kappa shape index (κ3) is 2.45. The summed E-state index contributed by atoms with van der Waals surface area (Å²) in [5.41, 5.74) is 0. The largest absolute Gasteiger partial charge is 1.00 e. The lowest BCUT2D eigenvalue weighted by Gasteiger charge is -2.36. The average molecular weight is 165 g/mol. The summed E-state index contributed by atoms with van der Waals surface area (Å²) < 4.78 is 1.26. The van der Waals surface area contributed by atoms with Gasteiger partial charge in [-0.15, -0.1) is 0 Å². The van der Waals surface area contributed by atoms with E-state index in [0.717, 1.165) is 0 Å². The fraction of sp³-hybridized carbons (Fsp3) is 1.00. The van der Waals surface area contributed by atoms with E-state index in [9.17, 15) is 0 Å². The van der Waals surface area contributed by atoms with Crippen molar-refractivity contribution in [2.45, 2.75) is 6.92 Å². The van der Waals surface area contributed by atoms with E-state index >= 15 is 0 Å². The summed E-state index contributed by atoms with van der Waals surface area (Å²) in [4.78, 5) is 0. The van der Waals surface area contributed by atoms with Gasteiger partial charge in [0.2, 0.25) is 0 Å². The topological polar surface area (TPSA) is 12.0 Å². The molecule has 0 aromatic carbocycles. The smallest absolute Gasteiger partial charge is 0.0911 e. The second kappa shape index (κ2) is 4.16. The van der Waals surface area contributed by atoms with Gasteiger partial charge in [0.25, 0.3) is 0 Å². The van der Waals surface area contributed by atoms with E-state index in [1.165, 1.54) is 37.2 Å². The van der Waals surface area contributed by atoms with Crippen LogP contribution >= 0.6 is 0 Å². The van der Waals surface area contributed by atoms with E-state index in [-0.39, 0.29) is 12.4 Å². The van der Waals surface area contributed by atoms with Crippen molar-refractivity contribution in [1.29, 1.82) is 0 Å². The van der Waals surface area contributed by atoms with Crippen LogP contribution in [0.25, 0.3) is 0 Å². The molecule has 0 unspecified atom stereocenters. The van der Waals surface area contributed by atoms with E-state index in [4.69, 9.17) is 0 Å². The molecule has 0 saturated carbocycles. The van der Waals surface area contributed by atoms with Gasteiger partial charge in [0.1, 0.15) is 0 Å². The summed E-state index contributed by atoms with van der Waals surface area (Å²) in [5.74, 6) is 0. The summed E-state index contributed by atoms with van der Waals surface area (Å²) in [6.45, 7) is 8.55. The molecule has 1 N–H and O–H groups in total. The number of hydrogen-bond acceptors (Lipinski definition) is 1. The Morgan fingerprint density at radius 2 is 1.80 bits per heavy atom. The van der Waals surface area contributed by atoms with E-state index < -0.39 is 0 Å². The third-order valence-electron chi connectivity index (χ3n) is 2.42. The van der Waals surface area contributed by atoms with Gasteiger partial charge < -0.3 is 22.2 Å². The van der Waals surface area contributed by atoms with Crippen molar-refractivity contribution < 1.29 is 16.9 Å². The van der Waals surface area contributed by atoms with Crippen LogP contribution in [-0.2, 0) is 0 Å². The Morgan fingerprint density at radius 3 is 2.10 bits per heavy atom. The Morgan fingerprint density at radius 1 is 1.30 bits per heavy atom. The first-order valence-electron chi connectivity index (χ1n) is 3.81. The molecule has 1 aliphatic rings. The SMILES string of the molecule is CC[N+]1(C)CCNCC1.[Cl-]. The van der Waals surface area contributed by atoms with Gasteiger partial charge in [-0.25, -0.2) is 0 Å². The molecule has 0 radical (unpaired) electrons. The van der Waals surface area contributed by atoms with Gasteiger partial charge in [0.15, 0.2) is 0 Å². The van der Waals surface area contributed by atoms with Crippen LogP contribution in [0, 0.1) is 0 Å². The normalized spacial score (nSPS) is 23.4. The van der Waals surface area contributed by atoms with Crippen molar-refractivity contribution >= 4 is 0 Å². The lowest BCUT2D eigenvalue weighted by atomic mass is 10.3. The highest BCUT2D eigenvalue weighted by Crippen LogP contribution is 2.01. The fourth-order valence-corrected chi connectivity index (χ4v) is 1.25. The molecule has 0 atom stereocenters. The van der Waals surface area contributed by atoms with Gasteiger partial charge >= 0.3 is 0 Å². The third-order valence-corrected chi connectivity index (χ3v) is 2.42. The minimum absolute atomic E-state index is 0. The zero-order valence-corrected chi connectivity index (χ0v) is 7.62. The van der Waals surface area contributed by atoms with E-state index in [0.29, 0.717) is 0 Å². The van der Waals surface area contributed by atoms with Crippen LogP contribution in [0.3, 0.4) is 0 Å². The molecule has 0 aromatic rings. The molecule has 0 aliphatic carbocycles. The Balaban J connectivity index is 0.000000810. The minimum atomic E-state index is 0. The molecule has 1 aliphatic heterocycles. The Bertz CT molecular complexity index is 89.6. The molecule has 0 aromatic heterocycles. The Labute approximate surface area is 69.6 Å². The van der Waals surface area contributed by atoms with Crippen LogP contribution in [0.2, 0.25) is 0 Å². The molecule has 1 rings (SSSR count). The molecular weight excluding hydrogens is 148 g/mol. The molecule has 10 heavy (non-hydrogen) atoms. The zero-order chi connectivity index (χ0) is 6.74. The average Bonchev–Trinajstić information content (AvgIpc) is 1.90. The summed E-state index contributed by atoms with van der Waals surface area (Å²) >= 11 is 0. The highest BCUT2D eigenvalue weighted by Gasteiger charge is 2.20. The fourth-order valence-electron chi connectivity index (χ4n) is 1.25. The van der Waals surface area contributed by atoms with Crippen LogP contribution in [0.4, 0.5) is 0 Å². The molecule has 1 saturated heterocycles. The highest BCUT2D eigenvalue weighted by atomic mass is 35.5. The second-order valence-electron chi connectivity index (χ2n) is 3.13. The lowest BCUT2D eigenvalue weighted by molar-refractivity contribution is -0.909. The standard InChI is InChI=1S/C7H17N2.ClH/c1-3-9(2)6-4-8-5-7-9;/h8H,3-7H2,1-2H3;1H/q+1;/p-1. The van der Waals surface area contributed by atoms with E-state index in [2.05, 4.69) is 19.3 Å². The van der Waals surface area contributed by atoms with Crippen molar-refractivity contribution in [3.05, 3.63) is 0 Å². The van der Waals surface area contributed by atoms with Crippen LogP contribution in [0.5, 0.6) is 0 Å². The minimum Gasteiger partial charge on any atom is -1.00 e. The first-order chi connectivity index (χ1) is 4.27. The Hall–Kier alpha value is 0.210. The van der Waals surface area contributed by atoms with Gasteiger partial charge in [-0.2, -0.15) is 0 Å². The highest BCUT2D eigenvalue weighted by molar-refractivity contribution is 4.53. The summed E-state index contributed by atoms with van der Waals surface area (Å²) in [5, 5.41) is 3.36. The van der Waals surface area contributed by atoms with Gasteiger partial charge in [0.05, 0.1) is 26.7 Å². The van der Waals surface area contributed by atoms with Crippen LogP contribution < -0.4 is 17.7 Å². The lowest BCUT2D eigenvalue weighted by Crippen LogP contribution is -3.00. The number of nitrogens with one attached hydrogen (secondary N) is 1. The maximum absolute atomic E-state index is 3.36. The number of hydrogen-bond donors (Lipinski definition) is 1. The van der Waals surface area contributed by atoms with Crippen molar-refractivity contribution in [1.82, 2.24) is 5.32 Å². The van der Waals surface area contributed by atoms with Gasteiger partial charge in [-0.1, -0.05) is 0 Å². The number of rotatable bonds is 1. The van der Waals surface area contributed by atoms with Crippen molar-refractivity contribution in [2.75, 3.05) is 39.8 Å². The second-order valence-corrected chi connectivity index (χ2v) is 3.13. The van der Waals surface area contributed by atoms with Crippen molar-refractivity contribution in [3.8, 4) is 0 Å². The van der Waals surface area contributed by atoms with Crippen molar-refractivity contribution in [3.63, 3.8) is 0 Å². The van der Waals surface area contributed by atoms with Crippen molar-refractivity contribution in [2.24, 2.45) is 0 Å². The van der Waals surface area contributed by atoms with E-state index in [1.54, 1.807) is 0 Å². The number of nitrogens with zero attached hydrogens (tertiary/aromatic N) is 1. The van der Waals surface area contributed by atoms with Crippen LogP contribution in [0.1, 0.15) is 6.92 Å². The van der Waals surface area contributed by atoms with Gasteiger partial charge in [0, 0.05) is 13.1 Å². The molecule has 0 bridgehead atoms. The number of quaternary nitrogens is 1. The molecule has 62 valence electrons. The maximum Gasteiger partial charge on any atom is 0.0911 e. The Kier molecular flexibility index (Phi) is 4.25. The summed E-state index contributed by atoms with van der Waals surface area (Å²) in [7, 11) is 2.33. The number of likely N-dealkylation sites (N-methyl/N-ethyl adjacent to an activating group) is 1. The zero-order valence-electron chi connectivity index (χ0n) is 6.86. The monoisotopic (exact) mass is 164 g/mol. The first kappa shape index (κ1) is 10.2. The summed E-state index contributed by atoms with van der Waals surface area (Å²) in [6.07, 6.45) is 0. The number of halogens is 1. The quantitative estimate of drug-likeness (QED) is 0.409. The summed E-state index contributed by atoms with van der Waals surface area (Å²) in [6, 6.07) is 0. The molecule has 1 fully saturated rings. The maximum atomic E-state index is 3.36. The van der Waals surface area contributed by atoms with E-state index in [1.807, 2.05) is 0 Å². The molecule has 3 heteroatoms. The van der Waals surface area contributed by atoms with Crippen LogP contribution in [0.15, 0.2) is 0 Å². The molecule has 0 spiro atoms.